The zero-order valence-corrected chi connectivity index (χ0v) is 9.73. The molecule has 0 aliphatic carbocycles. The molecular weight excluding hydrogens is 196 g/mol. The van der Waals surface area contributed by atoms with Gasteiger partial charge in [0, 0.05) is 12.6 Å². The van der Waals surface area contributed by atoms with Crippen molar-refractivity contribution in [3.05, 3.63) is 42.0 Å². The molecule has 0 saturated carbocycles. The Balaban J connectivity index is 1.91. The minimum absolute atomic E-state index is 0.416. The first-order chi connectivity index (χ1) is 7.78. The van der Waals surface area contributed by atoms with E-state index >= 15 is 0 Å². The largest absolute Gasteiger partial charge is 0.328 e. The lowest BCUT2D eigenvalue weighted by Gasteiger charge is -2.30. The van der Waals surface area contributed by atoms with Crippen LogP contribution in [-0.4, -0.2) is 24.0 Å². The number of likely N-dealkylation sites (tertiary alicyclic amines) is 1. The molecule has 2 heteroatoms. The Morgan fingerprint density at radius 3 is 2.44 bits per heavy atom. The molecule has 16 heavy (non-hydrogen) atoms. The zero-order valence-electron chi connectivity index (χ0n) is 9.73. The maximum atomic E-state index is 5.89. The van der Waals surface area contributed by atoms with Gasteiger partial charge in [-0.25, -0.2) is 0 Å². The van der Waals surface area contributed by atoms with Gasteiger partial charge in [0.15, 0.2) is 0 Å². The van der Waals surface area contributed by atoms with Crippen LogP contribution in [0.1, 0.15) is 24.0 Å². The summed E-state index contributed by atoms with van der Waals surface area (Å²) in [6, 6.07) is 9.03. The summed E-state index contributed by atoms with van der Waals surface area (Å²) in [5, 5.41) is 0. The number of rotatable bonds is 3. The highest BCUT2D eigenvalue weighted by atomic mass is 15.1. The maximum absolute atomic E-state index is 5.89. The van der Waals surface area contributed by atoms with Crippen LogP contribution in [0.2, 0.25) is 0 Å². The van der Waals surface area contributed by atoms with Crippen molar-refractivity contribution in [1.82, 2.24) is 4.90 Å². The van der Waals surface area contributed by atoms with Gasteiger partial charge in [-0.2, -0.15) is 0 Å². The summed E-state index contributed by atoms with van der Waals surface area (Å²) in [5.41, 5.74) is 8.45. The Bertz CT molecular complexity index is 334. The van der Waals surface area contributed by atoms with E-state index in [2.05, 4.69) is 35.7 Å². The van der Waals surface area contributed by atoms with Crippen molar-refractivity contribution in [2.75, 3.05) is 13.1 Å². The minimum atomic E-state index is 0.416. The average Bonchev–Trinajstić information content (AvgIpc) is 2.33. The molecule has 86 valence electrons. The van der Waals surface area contributed by atoms with Crippen LogP contribution in [0.3, 0.4) is 0 Å². The van der Waals surface area contributed by atoms with Crippen molar-refractivity contribution in [2.45, 2.75) is 25.4 Å². The fourth-order valence-corrected chi connectivity index (χ4v) is 2.13. The van der Waals surface area contributed by atoms with Crippen molar-refractivity contribution < 1.29 is 0 Å². The second kappa shape index (κ2) is 5.28. The van der Waals surface area contributed by atoms with Crippen molar-refractivity contribution in [1.29, 1.82) is 0 Å². The molecule has 2 rings (SSSR count). The lowest BCUT2D eigenvalue weighted by Crippen LogP contribution is -2.39. The van der Waals surface area contributed by atoms with E-state index in [1.165, 1.54) is 11.1 Å². The van der Waals surface area contributed by atoms with Crippen LogP contribution in [0.25, 0.3) is 6.08 Å². The van der Waals surface area contributed by atoms with Gasteiger partial charge >= 0.3 is 0 Å². The van der Waals surface area contributed by atoms with Gasteiger partial charge in [-0.15, -0.1) is 0 Å². The third kappa shape index (κ3) is 2.94. The molecule has 0 atom stereocenters. The van der Waals surface area contributed by atoms with Crippen LogP contribution in [0.4, 0.5) is 0 Å². The van der Waals surface area contributed by atoms with Gasteiger partial charge in [-0.05, 0) is 37.1 Å². The molecule has 1 fully saturated rings. The topological polar surface area (TPSA) is 29.3 Å². The summed E-state index contributed by atoms with van der Waals surface area (Å²) < 4.78 is 0. The molecule has 0 unspecified atom stereocenters. The molecule has 0 spiro atoms. The Morgan fingerprint density at radius 2 is 1.88 bits per heavy atom. The predicted octanol–water partition coefficient (Wildman–Crippen LogP) is 2.25. The van der Waals surface area contributed by atoms with E-state index < -0.39 is 0 Å². The molecular formula is C14H20N2. The van der Waals surface area contributed by atoms with E-state index in [1.807, 2.05) is 6.08 Å². The van der Waals surface area contributed by atoms with E-state index in [1.54, 1.807) is 0 Å². The highest BCUT2D eigenvalue weighted by Crippen LogP contribution is 2.13. The van der Waals surface area contributed by atoms with E-state index in [0.717, 1.165) is 32.5 Å². The molecule has 1 heterocycles. The molecule has 1 aliphatic rings. The SMILES string of the molecule is C=Cc1ccc(CN2CCC(N)CC2)cc1. The first kappa shape index (κ1) is 11.4. The highest BCUT2D eigenvalue weighted by molar-refractivity contribution is 5.47. The Labute approximate surface area is 97.8 Å². The Kier molecular flexibility index (Phi) is 3.75. The fourth-order valence-electron chi connectivity index (χ4n) is 2.13. The Morgan fingerprint density at radius 1 is 1.25 bits per heavy atom. The fraction of sp³-hybridized carbons (Fsp3) is 0.429. The molecule has 1 aromatic carbocycles. The molecule has 0 radical (unpaired) electrons. The Hall–Kier alpha value is -1.12. The summed E-state index contributed by atoms with van der Waals surface area (Å²) in [7, 11) is 0. The summed E-state index contributed by atoms with van der Waals surface area (Å²) in [6.07, 6.45) is 4.14. The number of nitrogens with zero attached hydrogens (tertiary/aromatic N) is 1. The second-order valence-corrected chi connectivity index (χ2v) is 4.56. The quantitative estimate of drug-likeness (QED) is 0.839. The normalized spacial score (nSPS) is 18.6. The van der Waals surface area contributed by atoms with Gasteiger partial charge < -0.3 is 5.73 Å². The molecule has 1 aliphatic heterocycles. The third-order valence-corrected chi connectivity index (χ3v) is 3.25. The zero-order chi connectivity index (χ0) is 11.4. The van der Waals surface area contributed by atoms with Crippen LogP contribution >= 0.6 is 0 Å². The van der Waals surface area contributed by atoms with Crippen molar-refractivity contribution >= 4 is 6.08 Å². The smallest absolute Gasteiger partial charge is 0.0233 e. The lowest BCUT2D eigenvalue weighted by atomic mass is 10.0. The summed E-state index contributed by atoms with van der Waals surface area (Å²) >= 11 is 0. The van der Waals surface area contributed by atoms with Gasteiger partial charge in [0.05, 0.1) is 0 Å². The summed E-state index contributed by atoms with van der Waals surface area (Å²) in [6.45, 7) is 7.06. The molecule has 2 N–H and O–H groups in total. The third-order valence-electron chi connectivity index (χ3n) is 3.25. The van der Waals surface area contributed by atoms with Gasteiger partial charge in [-0.1, -0.05) is 36.9 Å². The summed E-state index contributed by atoms with van der Waals surface area (Å²) in [5.74, 6) is 0. The molecule has 0 amide bonds. The molecule has 0 aromatic heterocycles. The van der Waals surface area contributed by atoms with Crippen molar-refractivity contribution in [3.63, 3.8) is 0 Å². The number of benzene rings is 1. The first-order valence-electron chi connectivity index (χ1n) is 5.97. The van der Waals surface area contributed by atoms with Crippen molar-refractivity contribution in [3.8, 4) is 0 Å². The van der Waals surface area contributed by atoms with Crippen LogP contribution in [0, 0.1) is 0 Å². The van der Waals surface area contributed by atoms with Crippen molar-refractivity contribution in [2.24, 2.45) is 5.73 Å². The van der Waals surface area contributed by atoms with Gasteiger partial charge in [0.1, 0.15) is 0 Å². The number of piperidine rings is 1. The van der Waals surface area contributed by atoms with E-state index in [-0.39, 0.29) is 0 Å². The summed E-state index contributed by atoms with van der Waals surface area (Å²) in [4.78, 5) is 2.48. The predicted molar refractivity (Wildman–Crippen MR) is 69.0 cm³/mol. The minimum Gasteiger partial charge on any atom is -0.328 e. The second-order valence-electron chi connectivity index (χ2n) is 4.56. The standard InChI is InChI=1S/C14H20N2/c1-2-12-3-5-13(6-4-12)11-16-9-7-14(15)8-10-16/h2-6,14H,1,7-11,15H2. The van der Waals surface area contributed by atoms with Gasteiger partial charge in [0.2, 0.25) is 0 Å². The van der Waals surface area contributed by atoms with Crippen LogP contribution in [0.15, 0.2) is 30.8 Å². The first-order valence-corrected chi connectivity index (χ1v) is 5.97. The lowest BCUT2D eigenvalue weighted by molar-refractivity contribution is 0.205. The number of nitrogens with two attached hydrogens (primary N) is 1. The molecule has 0 bridgehead atoms. The van der Waals surface area contributed by atoms with Crippen LogP contribution < -0.4 is 5.73 Å². The highest BCUT2D eigenvalue weighted by Gasteiger charge is 2.15. The average molecular weight is 216 g/mol. The molecule has 2 nitrogen and oxygen atoms in total. The van der Waals surface area contributed by atoms with Crippen LogP contribution in [-0.2, 0) is 6.54 Å². The number of hydrogen-bond acceptors (Lipinski definition) is 2. The van der Waals surface area contributed by atoms with E-state index in [9.17, 15) is 0 Å². The van der Waals surface area contributed by atoms with Gasteiger partial charge in [-0.3, -0.25) is 4.90 Å². The van der Waals surface area contributed by atoms with E-state index in [0.29, 0.717) is 6.04 Å². The monoisotopic (exact) mass is 216 g/mol. The number of hydrogen-bond donors (Lipinski definition) is 1. The van der Waals surface area contributed by atoms with Gasteiger partial charge in [0.25, 0.3) is 0 Å². The van der Waals surface area contributed by atoms with Crippen LogP contribution in [0.5, 0.6) is 0 Å². The molecule has 1 aromatic rings. The molecule has 1 saturated heterocycles. The van der Waals surface area contributed by atoms with E-state index in [4.69, 9.17) is 5.73 Å². The maximum Gasteiger partial charge on any atom is 0.0233 e.